The van der Waals surface area contributed by atoms with Gasteiger partial charge in [-0.2, -0.15) is 0 Å². The minimum absolute atomic E-state index is 0.0985. The molecule has 3 rings (SSSR count). The average Bonchev–Trinajstić information content (AvgIpc) is 3.30. The van der Waals surface area contributed by atoms with Gasteiger partial charge in [-0.25, -0.2) is 28.1 Å². The lowest BCUT2D eigenvalue weighted by atomic mass is 10.4. The molecule has 20 heavy (non-hydrogen) atoms. The smallest absolute Gasteiger partial charge is 0.336 e. The third kappa shape index (κ3) is 2.48. The molecule has 0 spiro atoms. The van der Waals surface area contributed by atoms with Crippen LogP contribution in [0.25, 0.3) is 0 Å². The Bertz CT molecular complexity index is 626. The third-order valence-electron chi connectivity index (χ3n) is 3.41. The first kappa shape index (κ1) is 13.3. The van der Waals surface area contributed by atoms with E-state index in [0.29, 0.717) is 26.2 Å². The first-order valence-electron chi connectivity index (χ1n) is 6.79. The molecule has 8 heteroatoms. The largest absolute Gasteiger partial charge is 0.371 e. The van der Waals surface area contributed by atoms with Crippen molar-refractivity contribution in [3.8, 4) is 0 Å². The van der Waals surface area contributed by atoms with E-state index >= 15 is 0 Å². The molecule has 0 amide bonds. The van der Waals surface area contributed by atoms with Crippen molar-refractivity contribution in [1.29, 1.82) is 0 Å². The van der Waals surface area contributed by atoms with E-state index in [4.69, 9.17) is 9.47 Å². The summed E-state index contributed by atoms with van der Waals surface area (Å²) in [6, 6.07) is 0. The van der Waals surface area contributed by atoms with Crippen molar-refractivity contribution in [2.75, 3.05) is 13.2 Å². The topological polar surface area (TPSA) is 91.1 Å². The summed E-state index contributed by atoms with van der Waals surface area (Å²) < 4.78 is 13.4. The van der Waals surface area contributed by atoms with E-state index in [0.717, 1.165) is 13.7 Å². The van der Waals surface area contributed by atoms with E-state index in [2.05, 4.69) is 0 Å². The summed E-state index contributed by atoms with van der Waals surface area (Å²) in [6.45, 7) is 3.67. The van der Waals surface area contributed by atoms with Crippen LogP contribution in [0.15, 0.2) is 14.4 Å². The Morgan fingerprint density at radius 2 is 1.30 bits per heavy atom. The third-order valence-corrected chi connectivity index (χ3v) is 3.41. The molecule has 2 saturated heterocycles. The first-order valence-corrected chi connectivity index (χ1v) is 6.79. The minimum atomic E-state index is -0.571. The van der Waals surface area contributed by atoms with Gasteiger partial charge in [0.05, 0.1) is 38.5 Å². The van der Waals surface area contributed by atoms with Crippen molar-refractivity contribution in [3.63, 3.8) is 0 Å². The lowest BCUT2D eigenvalue weighted by Gasteiger charge is -2.12. The number of hydrogen-bond acceptors (Lipinski definition) is 5. The maximum absolute atomic E-state index is 12.3. The fourth-order valence-corrected chi connectivity index (χ4v) is 2.16. The summed E-state index contributed by atoms with van der Waals surface area (Å²) in [7, 11) is 0. The first-order chi connectivity index (χ1) is 9.61. The number of aromatic nitrogens is 3. The highest BCUT2D eigenvalue weighted by atomic mass is 16.6. The summed E-state index contributed by atoms with van der Waals surface area (Å²) in [5.41, 5.74) is -1.67. The van der Waals surface area contributed by atoms with Crippen LogP contribution in [-0.2, 0) is 29.1 Å². The van der Waals surface area contributed by atoms with E-state index in [9.17, 15) is 14.4 Å². The quantitative estimate of drug-likeness (QED) is 0.585. The SMILES string of the molecule is CCCn1c(=O)n(CC2CO2)c(=O)n(CC2CO2)c1=O. The summed E-state index contributed by atoms with van der Waals surface area (Å²) >= 11 is 0. The molecular weight excluding hydrogens is 266 g/mol. The van der Waals surface area contributed by atoms with Crippen LogP contribution >= 0.6 is 0 Å². The highest BCUT2D eigenvalue weighted by Gasteiger charge is 2.29. The molecule has 2 fully saturated rings. The predicted octanol–water partition coefficient (Wildman–Crippen LogP) is -1.62. The number of rotatable bonds is 6. The van der Waals surface area contributed by atoms with E-state index < -0.39 is 17.1 Å². The Hall–Kier alpha value is -1.67. The summed E-state index contributed by atoms with van der Waals surface area (Å²) in [5, 5.41) is 0. The van der Waals surface area contributed by atoms with E-state index in [-0.39, 0.29) is 25.3 Å². The zero-order chi connectivity index (χ0) is 14.3. The van der Waals surface area contributed by atoms with Crippen LogP contribution in [0.2, 0.25) is 0 Å². The Morgan fingerprint density at radius 3 is 1.65 bits per heavy atom. The lowest BCUT2D eigenvalue weighted by molar-refractivity contribution is 0.340. The van der Waals surface area contributed by atoms with Crippen molar-refractivity contribution in [2.45, 2.75) is 45.2 Å². The summed E-state index contributed by atoms with van der Waals surface area (Å²) in [6.07, 6.45) is 0.449. The van der Waals surface area contributed by atoms with Gasteiger partial charge < -0.3 is 9.47 Å². The van der Waals surface area contributed by atoms with Gasteiger partial charge in [0.2, 0.25) is 0 Å². The zero-order valence-corrected chi connectivity index (χ0v) is 11.3. The Balaban J connectivity index is 2.11. The second-order valence-corrected chi connectivity index (χ2v) is 5.13. The summed E-state index contributed by atoms with van der Waals surface area (Å²) in [4.78, 5) is 36.8. The molecule has 2 aliphatic rings. The van der Waals surface area contributed by atoms with Crippen LogP contribution in [0, 0.1) is 0 Å². The monoisotopic (exact) mass is 283 g/mol. The fourth-order valence-electron chi connectivity index (χ4n) is 2.16. The fraction of sp³-hybridized carbons (Fsp3) is 0.750. The highest BCUT2D eigenvalue weighted by Crippen LogP contribution is 2.10. The van der Waals surface area contributed by atoms with Crippen molar-refractivity contribution >= 4 is 0 Å². The van der Waals surface area contributed by atoms with Gasteiger partial charge in [0.1, 0.15) is 0 Å². The molecule has 0 bridgehead atoms. The second-order valence-electron chi connectivity index (χ2n) is 5.13. The highest BCUT2D eigenvalue weighted by molar-refractivity contribution is 4.84. The standard InChI is InChI=1S/C12H17N3O5/c1-2-3-13-10(16)14(4-8-6-19-8)12(18)15(11(13)17)5-9-7-20-9/h8-9H,2-7H2,1H3. The average molecular weight is 283 g/mol. The molecule has 0 radical (unpaired) electrons. The molecule has 2 unspecified atom stereocenters. The van der Waals surface area contributed by atoms with Crippen LogP contribution < -0.4 is 17.1 Å². The molecule has 1 aromatic rings. The van der Waals surface area contributed by atoms with E-state index in [1.807, 2.05) is 6.92 Å². The van der Waals surface area contributed by atoms with Crippen LogP contribution in [0.5, 0.6) is 0 Å². The van der Waals surface area contributed by atoms with Crippen molar-refractivity contribution < 1.29 is 9.47 Å². The van der Waals surface area contributed by atoms with Gasteiger partial charge in [-0.05, 0) is 6.42 Å². The minimum Gasteiger partial charge on any atom is -0.371 e. The molecular formula is C12H17N3O5. The van der Waals surface area contributed by atoms with Gasteiger partial charge in [-0.15, -0.1) is 0 Å². The van der Waals surface area contributed by atoms with Crippen molar-refractivity contribution in [3.05, 3.63) is 31.5 Å². The molecule has 2 aliphatic heterocycles. The van der Waals surface area contributed by atoms with Crippen molar-refractivity contribution in [2.24, 2.45) is 0 Å². The van der Waals surface area contributed by atoms with Crippen LogP contribution in [0.1, 0.15) is 13.3 Å². The van der Waals surface area contributed by atoms with Gasteiger partial charge in [-0.1, -0.05) is 6.92 Å². The maximum Gasteiger partial charge on any atom is 0.336 e. The molecule has 1 aromatic heterocycles. The van der Waals surface area contributed by atoms with Crippen LogP contribution in [0.3, 0.4) is 0 Å². The number of epoxide rings is 2. The molecule has 0 N–H and O–H groups in total. The van der Waals surface area contributed by atoms with Crippen LogP contribution in [-0.4, -0.2) is 39.1 Å². The molecule has 0 aliphatic carbocycles. The second kappa shape index (κ2) is 5.02. The maximum atomic E-state index is 12.3. The number of nitrogens with zero attached hydrogens (tertiary/aromatic N) is 3. The molecule has 0 saturated carbocycles. The van der Waals surface area contributed by atoms with Gasteiger partial charge in [0.15, 0.2) is 0 Å². The van der Waals surface area contributed by atoms with E-state index in [1.54, 1.807) is 0 Å². The van der Waals surface area contributed by atoms with Gasteiger partial charge in [0.25, 0.3) is 0 Å². The molecule has 2 atom stereocenters. The summed E-state index contributed by atoms with van der Waals surface area (Å²) in [5.74, 6) is 0. The Morgan fingerprint density at radius 1 is 0.900 bits per heavy atom. The normalized spacial score (nSPS) is 23.9. The van der Waals surface area contributed by atoms with Crippen molar-refractivity contribution in [1.82, 2.24) is 13.7 Å². The number of ether oxygens (including phenoxy) is 2. The van der Waals surface area contributed by atoms with Gasteiger partial charge in [0, 0.05) is 6.54 Å². The van der Waals surface area contributed by atoms with Crippen LogP contribution in [0.4, 0.5) is 0 Å². The number of hydrogen-bond donors (Lipinski definition) is 0. The predicted molar refractivity (Wildman–Crippen MR) is 69.0 cm³/mol. The van der Waals surface area contributed by atoms with Gasteiger partial charge >= 0.3 is 17.1 Å². The Kier molecular flexibility index (Phi) is 3.35. The molecule has 3 heterocycles. The molecule has 110 valence electrons. The van der Waals surface area contributed by atoms with E-state index in [1.165, 1.54) is 0 Å². The molecule has 8 nitrogen and oxygen atoms in total. The molecule has 0 aromatic carbocycles. The van der Waals surface area contributed by atoms with Gasteiger partial charge in [-0.3, -0.25) is 0 Å². The zero-order valence-electron chi connectivity index (χ0n) is 11.3. The Labute approximate surface area is 114 Å². The lowest BCUT2D eigenvalue weighted by Crippen LogP contribution is -2.55.